The third-order valence-corrected chi connectivity index (χ3v) is 13.7. The van der Waals surface area contributed by atoms with E-state index in [1.54, 1.807) is 32.7 Å². The fourth-order valence-corrected chi connectivity index (χ4v) is 8.59. The Bertz CT molecular complexity index is 2800. The molecule has 2 saturated carbocycles. The van der Waals surface area contributed by atoms with Crippen molar-refractivity contribution in [1.29, 1.82) is 0 Å². The molecule has 0 unspecified atom stereocenters. The zero-order valence-corrected chi connectivity index (χ0v) is 42.5. The first-order valence-electron chi connectivity index (χ1n) is 21.6. The van der Waals surface area contributed by atoms with Crippen molar-refractivity contribution in [3.05, 3.63) is 160 Å². The molecule has 0 amide bonds. The minimum Gasteiger partial charge on any atom is -0.508 e. The van der Waals surface area contributed by atoms with E-state index in [-0.39, 0.29) is 26.7 Å². The Morgan fingerprint density at radius 3 is 1.64 bits per heavy atom. The number of aromatic hydroxyl groups is 1. The molecular formula is C46H52Cl2I2N10O6. The Kier molecular flexibility index (Phi) is 19.3. The van der Waals surface area contributed by atoms with Crippen LogP contribution in [0.4, 0.5) is 0 Å². The summed E-state index contributed by atoms with van der Waals surface area (Å²) in [6, 6.07) is 18.3. The predicted molar refractivity (Wildman–Crippen MR) is 272 cm³/mol. The molecule has 6 heterocycles. The number of hydrogen-bond donors (Lipinski definition) is 3. The van der Waals surface area contributed by atoms with Crippen molar-refractivity contribution in [3.63, 3.8) is 0 Å². The Labute approximate surface area is 419 Å². The summed E-state index contributed by atoms with van der Waals surface area (Å²) in [5.74, 6) is 1.68. The molecule has 10 rings (SSSR count). The number of phenols is 1. The molecule has 0 spiro atoms. The van der Waals surface area contributed by atoms with Crippen molar-refractivity contribution < 1.29 is 9.84 Å². The first-order chi connectivity index (χ1) is 31.7. The standard InChI is InChI=1S/C19H23N3O2.C14H19NO.C5H5IN2O.C4H2Cl2N2O.C4H3IN2O/c1-21-19(23)12-18(13-20-21)24-17-6-5-14-7-9-22(16-3-2-4-16)10-8-15(14)11-17;16-14-5-4-11-6-8-15(13-2-1-3-13)9-7-12(11)10-14;1-8-5(9)2-4(6)3-7-8;5-2-1-7-8-4(9)3(2)6;5-3-1-4(8)7-6-2-3/h5-6,11-13,16H,2-4,7-10H2,1H3;4-5,10,13,16H,1-3,6-9H2;2-3H,1H3;1H,(H,8,9);1-2H,(H,7,8). The van der Waals surface area contributed by atoms with E-state index in [1.807, 2.05) is 63.4 Å². The number of rotatable bonds is 4. The van der Waals surface area contributed by atoms with Crippen LogP contribution in [0.3, 0.4) is 0 Å². The largest absolute Gasteiger partial charge is 0.508 e. The van der Waals surface area contributed by atoms with E-state index >= 15 is 0 Å². The first-order valence-corrected chi connectivity index (χ1v) is 24.5. The van der Waals surface area contributed by atoms with Gasteiger partial charge in [0.1, 0.15) is 16.5 Å². The molecule has 16 nitrogen and oxygen atoms in total. The molecule has 4 aromatic heterocycles. The lowest BCUT2D eigenvalue weighted by Gasteiger charge is -2.36. The van der Waals surface area contributed by atoms with Crippen LogP contribution >= 0.6 is 68.4 Å². The number of benzene rings is 2. The number of H-pyrrole nitrogens is 2. The molecule has 0 atom stereocenters. The maximum atomic E-state index is 11.7. The van der Waals surface area contributed by atoms with E-state index in [2.05, 4.69) is 58.6 Å². The van der Waals surface area contributed by atoms with Crippen LogP contribution in [0.15, 0.2) is 98.6 Å². The number of fused-ring (bicyclic) bond motifs is 2. The van der Waals surface area contributed by atoms with Gasteiger partial charge in [-0.1, -0.05) is 48.2 Å². The number of nitrogens with one attached hydrogen (secondary N) is 2. The molecular weight excluding hydrogens is 1110 g/mol. The molecule has 2 aromatic carbocycles. The van der Waals surface area contributed by atoms with Gasteiger partial charge in [-0.2, -0.15) is 20.4 Å². The van der Waals surface area contributed by atoms with Gasteiger partial charge in [0.25, 0.3) is 22.2 Å². The van der Waals surface area contributed by atoms with Gasteiger partial charge < -0.3 is 9.84 Å². The Hall–Kier alpha value is -4.48. The first kappa shape index (κ1) is 50.9. The van der Waals surface area contributed by atoms with Crippen molar-refractivity contribution in [3.8, 4) is 17.2 Å². The van der Waals surface area contributed by atoms with E-state index in [0.29, 0.717) is 11.5 Å². The molecule has 3 N–H and O–H groups in total. The molecule has 0 bridgehead atoms. The molecule has 350 valence electrons. The molecule has 0 saturated heterocycles. The van der Waals surface area contributed by atoms with Gasteiger partial charge in [-0.25, -0.2) is 19.6 Å². The lowest BCUT2D eigenvalue weighted by atomic mass is 9.91. The molecule has 66 heavy (non-hydrogen) atoms. The van der Waals surface area contributed by atoms with Crippen LogP contribution < -0.4 is 27.0 Å². The third-order valence-electron chi connectivity index (χ3n) is 11.7. The van der Waals surface area contributed by atoms with E-state index in [9.17, 15) is 24.3 Å². The van der Waals surface area contributed by atoms with Crippen LogP contribution in [0.1, 0.15) is 60.8 Å². The number of aryl methyl sites for hydroxylation is 2. The zero-order chi connectivity index (χ0) is 47.2. The summed E-state index contributed by atoms with van der Waals surface area (Å²) in [4.78, 5) is 48.6. The minimum absolute atomic E-state index is 0.0216. The molecule has 2 aliphatic carbocycles. The molecule has 4 aliphatic rings. The van der Waals surface area contributed by atoms with Crippen LogP contribution in [0, 0.1) is 7.14 Å². The Balaban J connectivity index is 0.000000148. The van der Waals surface area contributed by atoms with Crippen LogP contribution in [0.25, 0.3) is 0 Å². The number of phenolic OH excluding ortho intramolecular Hbond substituents is 1. The van der Waals surface area contributed by atoms with E-state index < -0.39 is 5.56 Å². The predicted octanol–water partition coefficient (Wildman–Crippen LogP) is 6.71. The summed E-state index contributed by atoms with van der Waals surface area (Å²) in [7, 11) is 3.25. The van der Waals surface area contributed by atoms with Gasteiger partial charge in [0.2, 0.25) is 0 Å². The maximum Gasteiger partial charge on any atom is 0.284 e. The fraction of sp³-hybridized carbons (Fsp3) is 0.391. The molecule has 2 aliphatic heterocycles. The van der Waals surface area contributed by atoms with Crippen LogP contribution in [0.2, 0.25) is 10.0 Å². The lowest BCUT2D eigenvalue weighted by Crippen LogP contribution is -2.41. The third kappa shape index (κ3) is 15.3. The Morgan fingerprint density at radius 1 is 0.621 bits per heavy atom. The normalized spacial score (nSPS) is 15.8. The zero-order valence-electron chi connectivity index (χ0n) is 36.6. The monoisotopic (exact) mass is 1160 g/mol. The van der Waals surface area contributed by atoms with Crippen LogP contribution in [-0.4, -0.2) is 93.1 Å². The maximum absolute atomic E-state index is 11.7. The second kappa shape index (κ2) is 25.0. The van der Waals surface area contributed by atoms with Gasteiger partial charge in [-0.15, -0.1) is 0 Å². The summed E-state index contributed by atoms with van der Waals surface area (Å²) < 4.78 is 10.1. The molecule has 0 radical (unpaired) electrons. The average Bonchev–Trinajstić information content (AvgIpc) is 3.58. The van der Waals surface area contributed by atoms with Crippen LogP contribution in [0.5, 0.6) is 17.2 Å². The van der Waals surface area contributed by atoms with E-state index in [0.717, 1.165) is 63.7 Å². The van der Waals surface area contributed by atoms with Crippen LogP contribution in [-0.2, 0) is 39.8 Å². The second-order valence-corrected chi connectivity index (χ2v) is 19.4. The highest BCUT2D eigenvalue weighted by Gasteiger charge is 2.27. The van der Waals surface area contributed by atoms with Gasteiger partial charge in [-0.3, -0.25) is 29.0 Å². The minimum atomic E-state index is -0.468. The van der Waals surface area contributed by atoms with Crippen molar-refractivity contribution in [2.45, 2.75) is 76.3 Å². The van der Waals surface area contributed by atoms with Gasteiger partial charge in [0.05, 0.1) is 29.8 Å². The highest BCUT2D eigenvalue weighted by Crippen LogP contribution is 2.30. The topological polar surface area (TPSA) is 197 Å². The van der Waals surface area contributed by atoms with Gasteiger partial charge in [0, 0.05) is 77.7 Å². The van der Waals surface area contributed by atoms with Gasteiger partial charge in [0.15, 0.2) is 5.75 Å². The van der Waals surface area contributed by atoms with Crippen molar-refractivity contribution in [2.24, 2.45) is 14.1 Å². The number of nitrogens with zero attached hydrogens (tertiary/aromatic N) is 8. The smallest absolute Gasteiger partial charge is 0.284 e. The summed E-state index contributed by atoms with van der Waals surface area (Å²) in [6.07, 6.45) is 18.8. The fourth-order valence-electron chi connectivity index (χ4n) is 7.55. The molecule has 20 heteroatoms. The van der Waals surface area contributed by atoms with E-state index in [1.165, 1.54) is 108 Å². The summed E-state index contributed by atoms with van der Waals surface area (Å²) in [5, 5.41) is 28.7. The SMILES string of the molecule is Cn1ncc(I)cc1=O.Cn1ncc(Oc2ccc3c(c2)CCN(C2CCC2)CC3)cc1=O.O=c1[nH]ncc(Cl)c1Cl.O=c1cc(I)cn[nH]1.Oc1ccc2c(c1)CCN(C1CCC1)CC2. The van der Waals surface area contributed by atoms with Crippen molar-refractivity contribution >= 4 is 68.4 Å². The highest BCUT2D eigenvalue weighted by atomic mass is 127. The van der Waals surface area contributed by atoms with Crippen molar-refractivity contribution in [2.75, 3.05) is 26.2 Å². The van der Waals surface area contributed by atoms with E-state index in [4.69, 9.17) is 27.9 Å². The summed E-state index contributed by atoms with van der Waals surface area (Å²) in [6.45, 7) is 4.66. The average molecular weight is 1170 g/mol. The van der Waals surface area contributed by atoms with Gasteiger partial charge >= 0.3 is 0 Å². The lowest BCUT2D eigenvalue weighted by molar-refractivity contribution is 0.133. The quantitative estimate of drug-likeness (QED) is 0.158. The number of ether oxygens (including phenoxy) is 1. The Morgan fingerprint density at radius 2 is 1.15 bits per heavy atom. The highest BCUT2D eigenvalue weighted by molar-refractivity contribution is 14.1. The van der Waals surface area contributed by atoms with Gasteiger partial charge in [-0.05, 0) is 143 Å². The number of aromatic nitrogens is 8. The number of hydrogen-bond acceptors (Lipinski definition) is 12. The molecule has 2 fully saturated rings. The van der Waals surface area contributed by atoms with Crippen molar-refractivity contribution in [1.82, 2.24) is 49.8 Å². The number of aromatic amines is 2. The summed E-state index contributed by atoms with van der Waals surface area (Å²) >= 11 is 14.8. The second-order valence-electron chi connectivity index (χ2n) is 16.1. The summed E-state index contributed by atoms with van der Waals surface area (Å²) in [5.41, 5.74) is 4.71. The number of halogens is 4. The molecule has 6 aromatic rings.